The summed E-state index contributed by atoms with van der Waals surface area (Å²) in [5.74, 6) is -0.966. The van der Waals surface area contributed by atoms with Crippen LogP contribution < -0.4 is 5.32 Å². The lowest BCUT2D eigenvalue weighted by molar-refractivity contribution is -0.153. The number of amides is 1. The number of carbonyl (C=O) groups excluding carboxylic acids is 3. The van der Waals surface area contributed by atoms with E-state index in [0.717, 1.165) is 18.4 Å². The summed E-state index contributed by atoms with van der Waals surface area (Å²) in [7, 11) is 0. The summed E-state index contributed by atoms with van der Waals surface area (Å²) in [5.41, 5.74) is -0.338. The van der Waals surface area contributed by atoms with Crippen LogP contribution in [0.1, 0.15) is 51.0 Å². The number of Topliss-reactive ketones (excluding diaryl/α,β-unsaturated/α-hetero) is 2. The Labute approximate surface area is 166 Å². The monoisotopic (exact) mass is 386 g/mol. The van der Waals surface area contributed by atoms with Gasteiger partial charge in [-0.1, -0.05) is 30.3 Å². The third-order valence-electron chi connectivity index (χ3n) is 6.08. The lowest BCUT2D eigenvalue weighted by atomic mass is 9.82. The molecule has 0 aromatic heterocycles. The van der Waals surface area contributed by atoms with Crippen molar-refractivity contribution in [2.45, 2.75) is 69.5 Å². The average Bonchev–Trinajstić information content (AvgIpc) is 3.35. The predicted molar refractivity (Wildman–Crippen MR) is 106 cm³/mol. The van der Waals surface area contributed by atoms with Crippen LogP contribution in [0.5, 0.6) is 0 Å². The molecule has 1 aromatic rings. The van der Waals surface area contributed by atoms with E-state index in [4.69, 9.17) is 0 Å². The van der Waals surface area contributed by atoms with Crippen molar-refractivity contribution >= 4 is 17.5 Å². The topological polar surface area (TPSA) is 86.7 Å². The molecule has 3 atom stereocenters. The van der Waals surface area contributed by atoms with Crippen LogP contribution in [0.2, 0.25) is 0 Å². The molecular weight excluding hydrogens is 356 g/mol. The van der Waals surface area contributed by atoms with E-state index < -0.39 is 24.0 Å². The Balaban J connectivity index is 1.72. The smallest absolute Gasteiger partial charge is 0.223 e. The minimum absolute atomic E-state index is 0.172. The van der Waals surface area contributed by atoms with Crippen molar-refractivity contribution in [2.75, 3.05) is 13.2 Å². The number of nitrogens with zero attached hydrogens (tertiary/aromatic N) is 1. The Morgan fingerprint density at radius 1 is 1.21 bits per heavy atom. The summed E-state index contributed by atoms with van der Waals surface area (Å²) in [6.45, 7) is 1.68. The molecular formula is C22H30N2O4. The molecule has 0 bridgehead atoms. The summed E-state index contributed by atoms with van der Waals surface area (Å²) in [4.78, 5) is 40.5. The van der Waals surface area contributed by atoms with Crippen LogP contribution >= 0.6 is 0 Å². The molecule has 1 amide bonds. The molecule has 1 aromatic carbocycles. The summed E-state index contributed by atoms with van der Waals surface area (Å²) in [6, 6.07) is 9.73. The van der Waals surface area contributed by atoms with Crippen LogP contribution in [0.25, 0.3) is 0 Å². The molecule has 2 aliphatic rings. The first kappa shape index (κ1) is 20.7. The van der Waals surface area contributed by atoms with Gasteiger partial charge >= 0.3 is 0 Å². The van der Waals surface area contributed by atoms with Gasteiger partial charge < -0.3 is 15.3 Å². The van der Waals surface area contributed by atoms with Crippen molar-refractivity contribution in [2.24, 2.45) is 0 Å². The Kier molecular flexibility index (Phi) is 6.62. The van der Waals surface area contributed by atoms with Crippen LogP contribution in [-0.2, 0) is 20.8 Å². The maximum atomic E-state index is 13.3. The molecule has 2 unspecified atom stereocenters. The SMILES string of the molecule is CC1CC[C@@H](C(=O)C2(C(=O)CO)CCCN2C(=O)CCCc2ccccc2)N1. The fraction of sp³-hybridized carbons (Fsp3) is 0.591. The number of aliphatic hydroxyl groups is 1. The molecule has 6 nitrogen and oxygen atoms in total. The predicted octanol–water partition coefficient (Wildman–Crippen LogP) is 1.64. The van der Waals surface area contributed by atoms with Crippen molar-refractivity contribution in [3.63, 3.8) is 0 Å². The van der Waals surface area contributed by atoms with Crippen LogP contribution in [0, 0.1) is 0 Å². The van der Waals surface area contributed by atoms with E-state index in [0.29, 0.717) is 32.2 Å². The standard InChI is InChI=1S/C22H30N2O4/c1-16-11-12-18(23-16)21(28)22(19(26)15-25)13-6-14-24(22)20(27)10-5-9-17-7-3-2-4-8-17/h2-4,7-8,16,18,23,25H,5-6,9-15H2,1H3/t16?,18-,22?/m0/s1. The summed E-state index contributed by atoms with van der Waals surface area (Å²) < 4.78 is 0. The van der Waals surface area contributed by atoms with E-state index in [9.17, 15) is 19.5 Å². The highest BCUT2D eigenvalue weighted by Gasteiger charge is 2.56. The number of ketones is 2. The number of aryl methyl sites for hydroxylation is 1. The minimum atomic E-state index is -1.50. The number of aliphatic hydroxyl groups excluding tert-OH is 1. The van der Waals surface area contributed by atoms with Crippen molar-refractivity contribution < 1.29 is 19.5 Å². The molecule has 2 N–H and O–H groups in total. The van der Waals surface area contributed by atoms with Crippen LogP contribution in [0.3, 0.4) is 0 Å². The zero-order valence-corrected chi connectivity index (χ0v) is 16.5. The van der Waals surface area contributed by atoms with Gasteiger partial charge in [-0.15, -0.1) is 0 Å². The van der Waals surface area contributed by atoms with Crippen LogP contribution in [0.15, 0.2) is 30.3 Å². The minimum Gasteiger partial charge on any atom is -0.388 e. The molecule has 6 heteroatoms. The van der Waals surface area contributed by atoms with Crippen molar-refractivity contribution in [3.8, 4) is 0 Å². The summed E-state index contributed by atoms with van der Waals surface area (Å²) >= 11 is 0. The van der Waals surface area contributed by atoms with E-state index >= 15 is 0 Å². The fourth-order valence-corrected chi connectivity index (χ4v) is 4.62. The Morgan fingerprint density at radius 3 is 2.61 bits per heavy atom. The van der Waals surface area contributed by atoms with Crippen molar-refractivity contribution in [1.29, 1.82) is 0 Å². The second-order valence-corrected chi connectivity index (χ2v) is 7.99. The highest BCUT2D eigenvalue weighted by atomic mass is 16.3. The first-order chi connectivity index (χ1) is 13.5. The Morgan fingerprint density at radius 2 is 1.96 bits per heavy atom. The normalized spacial score (nSPS) is 27.1. The molecule has 0 radical (unpaired) electrons. The lowest BCUT2D eigenvalue weighted by Gasteiger charge is -2.37. The van der Waals surface area contributed by atoms with E-state index in [1.54, 1.807) is 0 Å². The van der Waals surface area contributed by atoms with E-state index in [1.165, 1.54) is 4.90 Å². The van der Waals surface area contributed by atoms with Gasteiger partial charge in [0.1, 0.15) is 6.61 Å². The maximum absolute atomic E-state index is 13.3. The van der Waals surface area contributed by atoms with Gasteiger partial charge in [-0.3, -0.25) is 14.4 Å². The quantitative estimate of drug-likeness (QED) is 0.664. The number of benzene rings is 1. The van der Waals surface area contributed by atoms with Crippen molar-refractivity contribution in [3.05, 3.63) is 35.9 Å². The number of rotatable bonds is 8. The first-order valence-corrected chi connectivity index (χ1v) is 10.3. The second-order valence-electron chi connectivity index (χ2n) is 7.99. The molecule has 2 saturated heterocycles. The molecule has 2 heterocycles. The van der Waals surface area contributed by atoms with Gasteiger partial charge in [0.05, 0.1) is 6.04 Å². The number of nitrogens with one attached hydrogen (secondary N) is 1. The third kappa shape index (κ3) is 4.03. The van der Waals surface area contributed by atoms with Gasteiger partial charge in [-0.25, -0.2) is 0 Å². The van der Waals surface area contributed by atoms with Gasteiger partial charge in [-0.2, -0.15) is 0 Å². The highest BCUT2D eigenvalue weighted by Crippen LogP contribution is 2.35. The molecule has 28 heavy (non-hydrogen) atoms. The summed E-state index contributed by atoms with van der Waals surface area (Å²) in [5, 5.41) is 12.8. The van der Waals surface area contributed by atoms with Gasteiger partial charge in [0, 0.05) is 19.0 Å². The van der Waals surface area contributed by atoms with Gasteiger partial charge in [-0.05, 0) is 51.0 Å². The fourth-order valence-electron chi connectivity index (χ4n) is 4.62. The number of likely N-dealkylation sites (tertiary alicyclic amines) is 1. The van der Waals surface area contributed by atoms with E-state index in [-0.39, 0.29) is 24.2 Å². The number of hydrogen-bond acceptors (Lipinski definition) is 5. The maximum Gasteiger partial charge on any atom is 0.223 e. The van der Waals surface area contributed by atoms with Crippen LogP contribution in [-0.4, -0.2) is 58.3 Å². The van der Waals surface area contributed by atoms with Crippen LogP contribution in [0.4, 0.5) is 0 Å². The highest BCUT2D eigenvalue weighted by molar-refractivity contribution is 6.16. The first-order valence-electron chi connectivity index (χ1n) is 10.3. The molecule has 0 saturated carbocycles. The van der Waals surface area contributed by atoms with Gasteiger partial charge in [0.2, 0.25) is 5.91 Å². The number of hydrogen-bond donors (Lipinski definition) is 2. The Bertz CT molecular complexity index is 721. The number of carbonyl (C=O) groups is 3. The summed E-state index contributed by atoms with van der Waals surface area (Å²) in [6.07, 6.45) is 4.16. The van der Waals surface area contributed by atoms with Gasteiger partial charge in [0.15, 0.2) is 17.1 Å². The zero-order chi connectivity index (χ0) is 20.1. The van der Waals surface area contributed by atoms with Gasteiger partial charge in [0.25, 0.3) is 0 Å². The van der Waals surface area contributed by atoms with E-state index in [1.807, 2.05) is 37.3 Å². The van der Waals surface area contributed by atoms with E-state index in [2.05, 4.69) is 5.32 Å². The van der Waals surface area contributed by atoms with Crippen molar-refractivity contribution in [1.82, 2.24) is 10.2 Å². The molecule has 3 rings (SSSR count). The molecule has 152 valence electrons. The third-order valence-corrected chi connectivity index (χ3v) is 6.08. The second kappa shape index (κ2) is 8.97. The molecule has 0 aliphatic carbocycles. The molecule has 0 spiro atoms. The lowest BCUT2D eigenvalue weighted by Crippen LogP contribution is -2.63. The average molecular weight is 386 g/mol. The largest absolute Gasteiger partial charge is 0.388 e. The molecule has 2 fully saturated rings. The molecule has 2 aliphatic heterocycles. The Hall–Kier alpha value is -2.05. The zero-order valence-electron chi connectivity index (χ0n) is 16.5.